The van der Waals surface area contributed by atoms with Gasteiger partial charge in [0.1, 0.15) is 0 Å². The third kappa shape index (κ3) is 2.18. The van der Waals surface area contributed by atoms with Crippen molar-refractivity contribution in [3.8, 4) is 0 Å². The number of nitrogens with zero attached hydrogens (tertiary/aromatic N) is 1. The quantitative estimate of drug-likeness (QED) is 0.774. The van der Waals surface area contributed by atoms with Gasteiger partial charge in [-0.25, -0.2) is 0 Å². The second-order valence-corrected chi connectivity index (χ2v) is 5.72. The molecule has 2 amide bonds. The molecule has 0 N–H and O–H groups in total. The van der Waals surface area contributed by atoms with Crippen molar-refractivity contribution in [1.29, 1.82) is 0 Å². The normalized spacial score (nSPS) is 25.3. The minimum Gasteiger partial charge on any atom is -0.274 e. The predicted octanol–water partition coefficient (Wildman–Crippen LogP) is 2.17. The predicted molar refractivity (Wildman–Crippen MR) is 64.3 cm³/mol. The summed E-state index contributed by atoms with van der Waals surface area (Å²) in [6, 6.07) is 0. The van der Waals surface area contributed by atoms with Crippen LogP contribution in [0.2, 0.25) is 0 Å². The molecule has 0 aromatic rings. The maximum atomic E-state index is 11.6. The molecule has 0 atom stereocenters. The Bertz CT molecular complexity index is 268. The fourth-order valence-corrected chi connectivity index (χ4v) is 3.26. The van der Waals surface area contributed by atoms with E-state index in [9.17, 15) is 9.59 Å². The standard InChI is InChI=1S/C10H15NO2S2/c12-8-2-5-15-9(13)11(8)6-10(7-14)3-1-4-10/h14H,1-7H2. The van der Waals surface area contributed by atoms with Gasteiger partial charge in [0.25, 0.3) is 5.24 Å². The lowest BCUT2D eigenvalue weighted by atomic mass is 9.70. The van der Waals surface area contributed by atoms with Crippen LogP contribution in [0.4, 0.5) is 4.79 Å². The average molecular weight is 245 g/mol. The highest BCUT2D eigenvalue weighted by Gasteiger charge is 2.41. The number of hydrogen-bond acceptors (Lipinski definition) is 4. The van der Waals surface area contributed by atoms with Gasteiger partial charge in [-0.1, -0.05) is 18.2 Å². The first-order chi connectivity index (χ1) is 7.17. The van der Waals surface area contributed by atoms with Crippen LogP contribution < -0.4 is 0 Å². The minimum absolute atomic E-state index is 0.00758. The molecular weight excluding hydrogens is 230 g/mol. The lowest BCUT2D eigenvalue weighted by Crippen LogP contribution is -2.49. The second kappa shape index (κ2) is 4.37. The summed E-state index contributed by atoms with van der Waals surface area (Å²) in [5.74, 6) is 1.41. The van der Waals surface area contributed by atoms with Crippen molar-refractivity contribution >= 4 is 35.5 Å². The number of rotatable bonds is 3. The molecule has 0 radical (unpaired) electrons. The van der Waals surface area contributed by atoms with Crippen molar-refractivity contribution in [2.45, 2.75) is 25.7 Å². The summed E-state index contributed by atoms with van der Waals surface area (Å²) in [6.07, 6.45) is 3.89. The monoisotopic (exact) mass is 245 g/mol. The Morgan fingerprint density at radius 3 is 2.60 bits per heavy atom. The summed E-state index contributed by atoms with van der Waals surface area (Å²) in [5, 5.41) is -0.0701. The Morgan fingerprint density at radius 2 is 2.13 bits per heavy atom. The van der Waals surface area contributed by atoms with Crippen LogP contribution >= 0.6 is 24.4 Å². The Kier molecular flexibility index (Phi) is 3.30. The molecule has 1 heterocycles. The number of carbonyl (C=O) groups is 2. The molecular formula is C10H15NO2S2. The van der Waals surface area contributed by atoms with E-state index in [0.29, 0.717) is 18.7 Å². The highest BCUT2D eigenvalue weighted by Crippen LogP contribution is 2.43. The summed E-state index contributed by atoms with van der Waals surface area (Å²) < 4.78 is 0. The summed E-state index contributed by atoms with van der Waals surface area (Å²) >= 11 is 5.59. The SMILES string of the molecule is O=C1CCSC(=O)N1CC1(CS)CCC1. The molecule has 84 valence electrons. The molecule has 3 nitrogen and oxygen atoms in total. The van der Waals surface area contributed by atoms with Gasteiger partial charge < -0.3 is 0 Å². The number of hydrogen-bond donors (Lipinski definition) is 1. The lowest BCUT2D eigenvalue weighted by molar-refractivity contribution is -0.129. The van der Waals surface area contributed by atoms with E-state index >= 15 is 0 Å². The molecule has 0 aromatic carbocycles. The summed E-state index contributed by atoms with van der Waals surface area (Å²) in [7, 11) is 0. The minimum atomic E-state index is -0.0701. The largest absolute Gasteiger partial charge is 0.288 e. The van der Waals surface area contributed by atoms with E-state index < -0.39 is 0 Å². The van der Waals surface area contributed by atoms with Gasteiger partial charge in [0, 0.05) is 18.7 Å². The lowest BCUT2D eigenvalue weighted by Gasteiger charge is -2.44. The first-order valence-corrected chi connectivity index (χ1v) is 6.87. The molecule has 1 aliphatic carbocycles. The zero-order chi connectivity index (χ0) is 10.9. The van der Waals surface area contributed by atoms with Crippen LogP contribution in [0, 0.1) is 5.41 Å². The van der Waals surface area contributed by atoms with E-state index in [4.69, 9.17) is 0 Å². The third-order valence-electron chi connectivity index (χ3n) is 3.31. The maximum Gasteiger partial charge on any atom is 0.288 e. The number of thiol groups is 1. The first kappa shape index (κ1) is 11.3. The second-order valence-electron chi connectivity index (χ2n) is 4.36. The Hall–Kier alpha value is -0.160. The number of imide groups is 1. The highest BCUT2D eigenvalue weighted by molar-refractivity contribution is 8.13. The summed E-state index contributed by atoms with van der Waals surface area (Å²) in [6.45, 7) is 0.584. The van der Waals surface area contributed by atoms with Crippen LogP contribution in [0.25, 0.3) is 0 Å². The maximum absolute atomic E-state index is 11.6. The van der Waals surface area contributed by atoms with Crippen LogP contribution in [0.15, 0.2) is 0 Å². The van der Waals surface area contributed by atoms with E-state index in [1.165, 1.54) is 23.1 Å². The van der Waals surface area contributed by atoms with E-state index in [1.807, 2.05) is 0 Å². The Morgan fingerprint density at radius 1 is 1.40 bits per heavy atom. The molecule has 2 rings (SSSR count). The van der Waals surface area contributed by atoms with Crippen molar-refractivity contribution in [1.82, 2.24) is 4.90 Å². The molecule has 0 aromatic heterocycles. The van der Waals surface area contributed by atoms with Crippen molar-refractivity contribution in [2.75, 3.05) is 18.1 Å². The van der Waals surface area contributed by atoms with Crippen molar-refractivity contribution < 1.29 is 9.59 Å². The van der Waals surface area contributed by atoms with Gasteiger partial charge in [-0.05, 0) is 24.0 Å². The summed E-state index contributed by atoms with van der Waals surface area (Å²) in [4.78, 5) is 24.6. The van der Waals surface area contributed by atoms with Gasteiger partial charge >= 0.3 is 0 Å². The van der Waals surface area contributed by atoms with Crippen molar-refractivity contribution in [3.05, 3.63) is 0 Å². The highest BCUT2D eigenvalue weighted by atomic mass is 32.2. The molecule has 0 spiro atoms. The van der Waals surface area contributed by atoms with Crippen LogP contribution in [0.5, 0.6) is 0 Å². The van der Waals surface area contributed by atoms with Crippen LogP contribution in [-0.4, -0.2) is 34.1 Å². The Labute approximate surface area is 99.4 Å². The van der Waals surface area contributed by atoms with Gasteiger partial charge in [0.15, 0.2) is 0 Å². The first-order valence-electron chi connectivity index (χ1n) is 5.25. The number of amides is 2. The van der Waals surface area contributed by atoms with Crippen LogP contribution in [0.3, 0.4) is 0 Å². The smallest absolute Gasteiger partial charge is 0.274 e. The molecule has 0 bridgehead atoms. The zero-order valence-corrected chi connectivity index (χ0v) is 10.3. The molecule has 0 unspecified atom stereocenters. The van der Waals surface area contributed by atoms with Crippen molar-refractivity contribution in [2.24, 2.45) is 5.41 Å². The fraction of sp³-hybridized carbons (Fsp3) is 0.800. The van der Waals surface area contributed by atoms with Crippen molar-refractivity contribution in [3.63, 3.8) is 0 Å². The molecule has 15 heavy (non-hydrogen) atoms. The van der Waals surface area contributed by atoms with E-state index in [0.717, 1.165) is 18.6 Å². The van der Waals surface area contributed by atoms with Gasteiger partial charge in [-0.2, -0.15) is 12.6 Å². The fourth-order valence-electron chi connectivity index (χ4n) is 2.07. The molecule has 1 saturated carbocycles. The average Bonchev–Trinajstić information content (AvgIpc) is 2.15. The van der Waals surface area contributed by atoms with Crippen LogP contribution in [-0.2, 0) is 4.79 Å². The third-order valence-corrected chi connectivity index (χ3v) is 4.85. The molecule has 1 aliphatic heterocycles. The summed E-state index contributed by atoms with van der Waals surface area (Å²) in [5.41, 5.74) is 0.117. The van der Waals surface area contributed by atoms with E-state index in [1.54, 1.807) is 0 Å². The number of carbonyl (C=O) groups excluding carboxylic acids is 2. The van der Waals surface area contributed by atoms with Gasteiger partial charge in [0.05, 0.1) is 0 Å². The zero-order valence-electron chi connectivity index (χ0n) is 8.57. The molecule has 1 saturated heterocycles. The Balaban J connectivity index is 2.02. The molecule has 5 heteroatoms. The van der Waals surface area contributed by atoms with E-state index in [-0.39, 0.29) is 16.6 Å². The van der Waals surface area contributed by atoms with E-state index in [2.05, 4.69) is 12.6 Å². The van der Waals surface area contributed by atoms with Crippen LogP contribution in [0.1, 0.15) is 25.7 Å². The van der Waals surface area contributed by atoms with Gasteiger partial charge in [-0.3, -0.25) is 14.5 Å². The number of thioether (sulfide) groups is 1. The molecule has 2 fully saturated rings. The van der Waals surface area contributed by atoms with Gasteiger partial charge in [0.2, 0.25) is 5.91 Å². The topological polar surface area (TPSA) is 37.4 Å². The molecule has 2 aliphatic rings. The van der Waals surface area contributed by atoms with Gasteiger partial charge in [-0.15, -0.1) is 0 Å².